The van der Waals surface area contributed by atoms with Gasteiger partial charge in [0.15, 0.2) is 0 Å². The molecule has 1 unspecified atom stereocenters. The summed E-state index contributed by atoms with van der Waals surface area (Å²) in [4.78, 5) is 26.1. The zero-order chi connectivity index (χ0) is 20.2. The predicted octanol–water partition coefficient (Wildman–Crippen LogP) is 3.08. The quantitative estimate of drug-likeness (QED) is 0.552. The van der Waals surface area contributed by atoms with Gasteiger partial charge >= 0.3 is 6.18 Å². The second-order valence-corrected chi connectivity index (χ2v) is 6.12. The van der Waals surface area contributed by atoms with E-state index >= 15 is 0 Å². The molecule has 1 amide bonds. The minimum Gasteiger partial charge on any atom is -0.369 e. The number of halogens is 3. The fourth-order valence-corrected chi connectivity index (χ4v) is 3.05. The van der Waals surface area contributed by atoms with Crippen molar-refractivity contribution in [1.29, 1.82) is 0 Å². The highest BCUT2D eigenvalue weighted by atomic mass is 19.4. The van der Waals surface area contributed by atoms with Crippen molar-refractivity contribution in [3.05, 3.63) is 33.9 Å². The Morgan fingerprint density at radius 1 is 1.26 bits per heavy atom. The molecule has 0 spiro atoms. The van der Waals surface area contributed by atoms with E-state index in [1.807, 2.05) is 6.92 Å². The van der Waals surface area contributed by atoms with Crippen LogP contribution in [0.25, 0.3) is 0 Å². The SMILES string of the molecule is CCOC(CC)C(=O)N1CCN(c2ccc(C(F)(F)F)cc2[N+](=O)[O-])CC1. The number of hydrogen-bond donors (Lipinski definition) is 0. The van der Waals surface area contributed by atoms with Gasteiger partial charge in [0.1, 0.15) is 11.8 Å². The topological polar surface area (TPSA) is 75.9 Å². The first-order valence-electron chi connectivity index (χ1n) is 8.70. The maximum Gasteiger partial charge on any atom is 0.416 e. The van der Waals surface area contributed by atoms with Crippen molar-refractivity contribution < 1.29 is 27.6 Å². The third-order valence-corrected chi connectivity index (χ3v) is 4.45. The van der Waals surface area contributed by atoms with Gasteiger partial charge in [-0.3, -0.25) is 14.9 Å². The van der Waals surface area contributed by atoms with Crippen LogP contribution in [0.4, 0.5) is 24.5 Å². The number of ether oxygens (including phenoxy) is 1. The highest BCUT2D eigenvalue weighted by Gasteiger charge is 2.35. The van der Waals surface area contributed by atoms with Crippen molar-refractivity contribution in [2.75, 3.05) is 37.7 Å². The lowest BCUT2D eigenvalue weighted by Crippen LogP contribution is -2.52. The maximum absolute atomic E-state index is 12.8. The summed E-state index contributed by atoms with van der Waals surface area (Å²) in [6, 6.07) is 2.50. The summed E-state index contributed by atoms with van der Waals surface area (Å²) in [5.74, 6) is -0.138. The molecule has 1 aliphatic rings. The zero-order valence-electron chi connectivity index (χ0n) is 15.2. The average Bonchev–Trinajstić information content (AvgIpc) is 2.64. The number of anilines is 1. The van der Waals surface area contributed by atoms with Gasteiger partial charge in [-0.2, -0.15) is 13.2 Å². The Kier molecular flexibility index (Phi) is 6.63. The highest BCUT2D eigenvalue weighted by Crippen LogP contribution is 2.36. The van der Waals surface area contributed by atoms with Gasteiger partial charge < -0.3 is 14.5 Å². The van der Waals surface area contributed by atoms with Gasteiger partial charge in [0, 0.05) is 38.9 Å². The van der Waals surface area contributed by atoms with Gasteiger partial charge in [-0.15, -0.1) is 0 Å². The van der Waals surface area contributed by atoms with E-state index in [1.54, 1.807) is 16.7 Å². The fraction of sp³-hybridized carbons (Fsp3) is 0.588. The molecule has 0 N–H and O–H groups in total. The van der Waals surface area contributed by atoms with Crippen LogP contribution in [-0.4, -0.2) is 54.6 Å². The lowest BCUT2D eigenvalue weighted by atomic mass is 10.1. The summed E-state index contributed by atoms with van der Waals surface area (Å²) in [5.41, 5.74) is -1.53. The van der Waals surface area contributed by atoms with Crippen molar-refractivity contribution in [3.63, 3.8) is 0 Å². The number of piperazine rings is 1. The minimum absolute atomic E-state index is 0.122. The van der Waals surface area contributed by atoms with E-state index in [1.165, 1.54) is 0 Å². The Bertz CT molecular complexity index is 688. The molecule has 1 saturated heterocycles. The molecule has 0 aliphatic carbocycles. The Hall–Kier alpha value is -2.36. The molecule has 1 aromatic carbocycles. The van der Waals surface area contributed by atoms with Crippen molar-refractivity contribution in [2.24, 2.45) is 0 Å². The maximum atomic E-state index is 12.8. The van der Waals surface area contributed by atoms with E-state index in [2.05, 4.69) is 0 Å². The molecule has 1 aromatic rings. The van der Waals surface area contributed by atoms with Crippen molar-refractivity contribution >= 4 is 17.3 Å². The van der Waals surface area contributed by atoms with Gasteiger partial charge in [0.25, 0.3) is 11.6 Å². The lowest BCUT2D eigenvalue weighted by molar-refractivity contribution is -0.384. The first kappa shape index (κ1) is 20.9. The Morgan fingerprint density at radius 3 is 2.37 bits per heavy atom. The van der Waals surface area contributed by atoms with Crippen LogP contribution in [-0.2, 0) is 15.7 Å². The van der Waals surface area contributed by atoms with E-state index in [9.17, 15) is 28.1 Å². The smallest absolute Gasteiger partial charge is 0.369 e. The van der Waals surface area contributed by atoms with Crippen LogP contribution in [0.3, 0.4) is 0 Å². The van der Waals surface area contributed by atoms with E-state index in [4.69, 9.17) is 4.74 Å². The summed E-state index contributed by atoms with van der Waals surface area (Å²) in [5, 5.41) is 11.2. The second-order valence-electron chi connectivity index (χ2n) is 6.12. The standard InChI is InChI=1S/C17H22F3N3O4/c1-3-15(27-4-2)16(24)22-9-7-21(8-10-22)13-6-5-12(17(18,19)20)11-14(13)23(25)26/h5-6,11,15H,3-4,7-10H2,1-2H3. The van der Waals surface area contributed by atoms with E-state index in [-0.39, 0.29) is 11.6 Å². The molecule has 27 heavy (non-hydrogen) atoms. The molecular formula is C17H22F3N3O4. The molecule has 0 bridgehead atoms. The summed E-state index contributed by atoms with van der Waals surface area (Å²) in [6.45, 7) is 5.29. The fourth-order valence-electron chi connectivity index (χ4n) is 3.05. The van der Waals surface area contributed by atoms with Crippen molar-refractivity contribution in [3.8, 4) is 0 Å². The van der Waals surface area contributed by atoms with Gasteiger partial charge in [-0.1, -0.05) is 6.92 Å². The van der Waals surface area contributed by atoms with Crippen molar-refractivity contribution in [1.82, 2.24) is 4.90 Å². The first-order valence-corrected chi connectivity index (χ1v) is 8.70. The molecule has 10 heteroatoms. The highest BCUT2D eigenvalue weighted by molar-refractivity contribution is 5.81. The lowest BCUT2D eigenvalue weighted by Gasteiger charge is -2.37. The normalized spacial score (nSPS) is 16.3. The van der Waals surface area contributed by atoms with Crippen LogP contribution in [0, 0.1) is 10.1 Å². The zero-order valence-corrected chi connectivity index (χ0v) is 15.2. The van der Waals surface area contributed by atoms with Crippen molar-refractivity contribution in [2.45, 2.75) is 32.5 Å². The molecule has 1 atom stereocenters. The molecule has 1 aliphatic heterocycles. The summed E-state index contributed by atoms with van der Waals surface area (Å²) >= 11 is 0. The molecule has 150 valence electrons. The number of rotatable bonds is 6. The van der Waals surface area contributed by atoms with E-state index < -0.39 is 28.5 Å². The molecule has 2 rings (SSSR count). The number of benzene rings is 1. The van der Waals surface area contributed by atoms with Crippen LogP contribution in [0.15, 0.2) is 18.2 Å². The summed E-state index contributed by atoms with van der Waals surface area (Å²) in [6.07, 6.45) is -4.64. The molecule has 0 saturated carbocycles. The van der Waals surface area contributed by atoms with Crippen LogP contribution in [0.5, 0.6) is 0 Å². The molecule has 1 heterocycles. The van der Waals surface area contributed by atoms with Crippen LogP contribution >= 0.6 is 0 Å². The number of nitro groups is 1. The summed E-state index contributed by atoms with van der Waals surface area (Å²) in [7, 11) is 0. The first-order chi connectivity index (χ1) is 12.7. The number of nitro benzene ring substituents is 1. The third-order valence-electron chi connectivity index (χ3n) is 4.45. The predicted molar refractivity (Wildman–Crippen MR) is 92.6 cm³/mol. The number of hydrogen-bond acceptors (Lipinski definition) is 5. The molecule has 1 fully saturated rings. The van der Waals surface area contributed by atoms with Crippen LogP contribution < -0.4 is 4.90 Å². The number of amides is 1. The van der Waals surface area contributed by atoms with Gasteiger partial charge in [-0.05, 0) is 25.5 Å². The summed E-state index contributed by atoms with van der Waals surface area (Å²) < 4.78 is 43.9. The van der Waals surface area contributed by atoms with Gasteiger partial charge in [0.2, 0.25) is 0 Å². The van der Waals surface area contributed by atoms with Crippen LogP contribution in [0.1, 0.15) is 25.8 Å². The largest absolute Gasteiger partial charge is 0.416 e. The molecular weight excluding hydrogens is 367 g/mol. The Balaban J connectivity index is 2.14. The number of carbonyl (C=O) groups excluding carboxylic acids is 1. The molecule has 0 radical (unpaired) electrons. The number of nitrogens with zero attached hydrogens (tertiary/aromatic N) is 3. The Labute approximate surface area is 154 Å². The van der Waals surface area contributed by atoms with E-state index in [0.717, 1.165) is 12.1 Å². The average molecular weight is 389 g/mol. The number of alkyl halides is 3. The molecule has 0 aromatic heterocycles. The second kappa shape index (κ2) is 8.55. The molecule has 7 nitrogen and oxygen atoms in total. The minimum atomic E-state index is -4.65. The third kappa shape index (κ3) is 4.88. The number of carbonyl (C=O) groups is 1. The van der Waals surface area contributed by atoms with Gasteiger partial charge in [-0.25, -0.2) is 0 Å². The Morgan fingerprint density at radius 2 is 1.89 bits per heavy atom. The van der Waals surface area contributed by atoms with Crippen LogP contribution in [0.2, 0.25) is 0 Å². The van der Waals surface area contributed by atoms with Gasteiger partial charge in [0.05, 0.1) is 10.5 Å². The van der Waals surface area contributed by atoms with E-state index in [0.29, 0.717) is 45.3 Å². The monoisotopic (exact) mass is 389 g/mol.